The number of amidine groups is 1. The van der Waals surface area contributed by atoms with E-state index in [0.717, 1.165) is 15.8 Å². The highest BCUT2D eigenvalue weighted by atomic mass is 79.9. The van der Waals surface area contributed by atoms with Gasteiger partial charge in [0.15, 0.2) is 5.84 Å². The zero-order valence-corrected chi connectivity index (χ0v) is 12.9. The minimum atomic E-state index is 0.0836. The highest BCUT2D eigenvalue weighted by Crippen LogP contribution is 2.29. The van der Waals surface area contributed by atoms with Crippen molar-refractivity contribution in [3.8, 4) is 0 Å². The minimum absolute atomic E-state index is 0.0836. The van der Waals surface area contributed by atoms with E-state index in [-0.39, 0.29) is 5.84 Å². The average Bonchev–Trinajstić information content (AvgIpc) is 2.46. The largest absolute Gasteiger partial charge is 0.409 e. The van der Waals surface area contributed by atoms with Gasteiger partial charge in [0.05, 0.1) is 5.69 Å². The van der Waals surface area contributed by atoms with Crippen molar-refractivity contribution in [3.05, 3.63) is 58.1 Å². The van der Waals surface area contributed by atoms with Gasteiger partial charge in [0, 0.05) is 22.8 Å². The monoisotopic (exact) mass is 333 g/mol. The zero-order chi connectivity index (χ0) is 14.7. The number of benzene rings is 2. The number of nitrogens with zero attached hydrogens (tertiary/aromatic N) is 2. The maximum absolute atomic E-state index is 8.92. The molecule has 2 rings (SSSR count). The van der Waals surface area contributed by atoms with Crippen LogP contribution in [0.15, 0.2) is 52.1 Å². The smallest absolute Gasteiger partial charge is 0.172 e. The Bertz CT molecular complexity index is 638. The van der Waals surface area contributed by atoms with Crippen molar-refractivity contribution in [3.63, 3.8) is 0 Å². The first kappa shape index (κ1) is 14.4. The topological polar surface area (TPSA) is 61.8 Å². The predicted molar refractivity (Wildman–Crippen MR) is 85.9 cm³/mol. The predicted octanol–water partition coefficient (Wildman–Crippen LogP) is 3.62. The van der Waals surface area contributed by atoms with Crippen LogP contribution in [0.4, 0.5) is 11.4 Å². The van der Waals surface area contributed by atoms with Gasteiger partial charge in [-0.1, -0.05) is 38.8 Å². The molecule has 3 N–H and O–H groups in total. The molecule has 0 unspecified atom stereocenters. The molecule has 0 saturated carbocycles. The molecule has 0 aromatic heterocycles. The van der Waals surface area contributed by atoms with E-state index in [2.05, 4.69) is 21.1 Å². The molecule has 0 atom stereocenters. The van der Waals surface area contributed by atoms with Crippen LogP contribution >= 0.6 is 15.9 Å². The van der Waals surface area contributed by atoms with Gasteiger partial charge in [-0.05, 0) is 37.3 Å². The van der Waals surface area contributed by atoms with E-state index in [4.69, 9.17) is 10.9 Å². The fraction of sp³-hybridized carbons (Fsp3) is 0.133. The molecule has 0 heterocycles. The lowest BCUT2D eigenvalue weighted by atomic mass is 10.1. The third-order valence-corrected chi connectivity index (χ3v) is 3.62. The van der Waals surface area contributed by atoms with Crippen LogP contribution in [0.25, 0.3) is 0 Å². The molecule has 5 heteroatoms. The van der Waals surface area contributed by atoms with Gasteiger partial charge in [0.25, 0.3) is 0 Å². The highest BCUT2D eigenvalue weighted by Gasteiger charge is 2.13. The summed E-state index contributed by atoms with van der Waals surface area (Å²) in [6, 6.07) is 13.9. The van der Waals surface area contributed by atoms with Crippen LogP contribution in [0.3, 0.4) is 0 Å². The van der Waals surface area contributed by atoms with Gasteiger partial charge in [-0.2, -0.15) is 0 Å². The molecule has 0 bridgehead atoms. The normalized spacial score (nSPS) is 11.4. The molecule has 0 aliphatic carbocycles. The van der Waals surface area contributed by atoms with Crippen molar-refractivity contribution in [1.82, 2.24) is 0 Å². The Morgan fingerprint density at radius 3 is 2.45 bits per heavy atom. The number of hydrogen-bond donors (Lipinski definition) is 2. The first-order chi connectivity index (χ1) is 9.52. The lowest BCUT2D eigenvalue weighted by molar-refractivity contribution is 0.318. The molecule has 2 aromatic carbocycles. The van der Waals surface area contributed by atoms with Crippen molar-refractivity contribution >= 4 is 33.1 Å². The summed E-state index contributed by atoms with van der Waals surface area (Å²) in [5.41, 5.74) is 9.53. The molecule has 0 amide bonds. The van der Waals surface area contributed by atoms with Gasteiger partial charge >= 0.3 is 0 Å². The molecule has 104 valence electrons. The van der Waals surface area contributed by atoms with Gasteiger partial charge < -0.3 is 15.8 Å². The van der Waals surface area contributed by atoms with Gasteiger partial charge in [-0.25, -0.2) is 0 Å². The van der Waals surface area contributed by atoms with E-state index in [1.165, 1.54) is 5.56 Å². The summed E-state index contributed by atoms with van der Waals surface area (Å²) >= 11 is 3.40. The van der Waals surface area contributed by atoms with Crippen LogP contribution < -0.4 is 10.6 Å². The van der Waals surface area contributed by atoms with Crippen LogP contribution in [0.5, 0.6) is 0 Å². The molecule has 0 radical (unpaired) electrons. The zero-order valence-electron chi connectivity index (χ0n) is 11.3. The lowest BCUT2D eigenvalue weighted by Crippen LogP contribution is -2.19. The molecular weight excluding hydrogens is 318 g/mol. The third kappa shape index (κ3) is 2.93. The van der Waals surface area contributed by atoms with Crippen molar-refractivity contribution in [2.45, 2.75) is 6.92 Å². The average molecular weight is 334 g/mol. The maximum atomic E-state index is 8.92. The minimum Gasteiger partial charge on any atom is -0.409 e. The second-order valence-corrected chi connectivity index (χ2v) is 5.46. The summed E-state index contributed by atoms with van der Waals surface area (Å²) in [6.45, 7) is 2.05. The van der Waals surface area contributed by atoms with Gasteiger partial charge in [0.2, 0.25) is 0 Å². The van der Waals surface area contributed by atoms with Crippen molar-refractivity contribution in [2.24, 2.45) is 10.9 Å². The van der Waals surface area contributed by atoms with E-state index in [9.17, 15) is 0 Å². The standard InChI is InChI=1S/C15H16BrN3O/c1-10-3-6-12(7-4-10)19(2)14-8-5-11(16)9-13(14)15(17)18-20/h3-9,20H,1-2H3,(H2,17,18). The quantitative estimate of drug-likeness (QED) is 0.390. The second-order valence-electron chi connectivity index (χ2n) is 4.54. The Hall–Kier alpha value is -2.01. The summed E-state index contributed by atoms with van der Waals surface area (Å²) in [6.07, 6.45) is 0. The number of rotatable bonds is 3. The van der Waals surface area contributed by atoms with Crippen LogP contribution in [0.2, 0.25) is 0 Å². The number of oxime groups is 1. The van der Waals surface area contributed by atoms with Crippen LogP contribution in [-0.2, 0) is 0 Å². The first-order valence-corrected chi connectivity index (χ1v) is 6.90. The van der Waals surface area contributed by atoms with Crippen LogP contribution in [0.1, 0.15) is 11.1 Å². The summed E-state index contributed by atoms with van der Waals surface area (Å²) in [5, 5.41) is 12.0. The third-order valence-electron chi connectivity index (χ3n) is 3.12. The number of nitrogens with two attached hydrogens (primary N) is 1. The molecule has 0 fully saturated rings. The Labute approximate surface area is 126 Å². The van der Waals surface area contributed by atoms with Crippen molar-refractivity contribution in [1.29, 1.82) is 0 Å². The number of hydrogen-bond acceptors (Lipinski definition) is 3. The van der Waals surface area contributed by atoms with E-state index in [0.29, 0.717) is 5.56 Å². The van der Waals surface area contributed by atoms with Gasteiger partial charge in [-0.3, -0.25) is 0 Å². The number of halogens is 1. The molecular formula is C15H16BrN3O. The second kappa shape index (κ2) is 5.96. The SMILES string of the molecule is Cc1ccc(N(C)c2ccc(Br)cc2/C(N)=N/O)cc1. The molecule has 0 saturated heterocycles. The Kier molecular flexibility index (Phi) is 4.29. The first-order valence-electron chi connectivity index (χ1n) is 6.11. The van der Waals surface area contributed by atoms with Gasteiger partial charge in [-0.15, -0.1) is 0 Å². The molecule has 4 nitrogen and oxygen atoms in total. The van der Waals surface area contributed by atoms with E-state index < -0.39 is 0 Å². The highest BCUT2D eigenvalue weighted by molar-refractivity contribution is 9.10. The summed E-state index contributed by atoms with van der Waals surface area (Å²) in [5.74, 6) is 0.0836. The molecule has 2 aromatic rings. The Morgan fingerprint density at radius 1 is 1.20 bits per heavy atom. The molecule has 0 aliphatic heterocycles. The lowest BCUT2D eigenvalue weighted by Gasteiger charge is -2.22. The van der Waals surface area contributed by atoms with E-state index in [1.54, 1.807) is 0 Å². The Balaban J connectivity index is 2.49. The van der Waals surface area contributed by atoms with Crippen LogP contribution in [-0.4, -0.2) is 18.1 Å². The van der Waals surface area contributed by atoms with Crippen molar-refractivity contribution < 1.29 is 5.21 Å². The molecule has 20 heavy (non-hydrogen) atoms. The molecule has 0 aliphatic rings. The number of anilines is 2. The summed E-state index contributed by atoms with van der Waals surface area (Å²) < 4.78 is 0.875. The number of aryl methyl sites for hydroxylation is 1. The van der Waals surface area contributed by atoms with Gasteiger partial charge in [0.1, 0.15) is 0 Å². The summed E-state index contributed by atoms with van der Waals surface area (Å²) in [4.78, 5) is 2.00. The Morgan fingerprint density at radius 2 is 1.85 bits per heavy atom. The van der Waals surface area contributed by atoms with E-state index >= 15 is 0 Å². The van der Waals surface area contributed by atoms with Crippen LogP contribution in [0, 0.1) is 6.92 Å². The fourth-order valence-electron chi connectivity index (χ4n) is 1.97. The molecule has 0 spiro atoms. The van der Waals surface area contributed by atoms with Crippen molar-refractivity contribution in [2.75, 3.05) is 11.9 Å². The fourth-order valence-corrected chi connectivity index (χ4v) is 2.33. The maximum Gasteiger partial charge on any atom is 0.172 e. The van der Waals surface area contributed by atoms with E-state index in [1.807, 2.05) is 61.3 Å². The summed E-state index contributed by atoms with van der Waals surface area (Å²) in [7, 11) is 1.95.